The second kappa shape index (κ2) is 4.31. The average molecular weight is 239 g/mol. The minimum absolute atomic E-state index is 0.0533. The number of hydrogen-bond donors (Lipinski definition) is 1. The van der Waals surface area contributed by atoms with Gasteiger partial charge in [0.05, 0.1) is 6.04 Å². The second-order valence-electron chi connectivity index (χ2n) is 3.59. The SMILES string of the molecule is Cc1ccc(F)c(C(N)c2cccs2)c1F. The molecule has 0 saturated carbocycles. The van der Waals surface area contributed by atoms with Crippen molar-refractivity contribution >= 4 is 11.3 Å². The summed E-state index contributed by atoms with van der Waals surface area (Å²) in [4.78, 5) is 0.753. The van der Waals surface area contributed by atoms with E-state index >= 15 is 0 Å². The van der Waals surface area contributed by atoms with Gasteiger partial charge in [-0.25, -0.2) is 8.78 Å². The lowest BCUT2D eigenvalue weighted by Gasteiger charge is -2.13. The summed E-state index contributed by atoms with van der Waals surface area (Å²) < 4.78 is 27.3. The first-order valence-corrected chi connectivity index (χ1v) is 5.72. The lowest BCUT2D eigenvalue weighted by molar-refractivity contribution is 0.539. The Morgan fingerprint density at radius 2 is 2.00 bits per heavy atom. The maximum absolute atomic E-state index is 13.8. The van der Waals surface area contributed by atoms with Crippen molar-refractivity contribution in [3.8, 4) is 0 Å². The van der Waals surface area contributed by atoms with E-state index in [4.69, 9.17) is 5.73 Å². The minimum Gasteiger partial charge on any atom is -0.319 e. The van der Waals surface area contributed by atoms with Crippen molar-refractivity contribution in [1.29, 1.82) is 0 Å². The van der Waals surface area contributed by atoms with E-state index in [1.54, 1.807) is 13.0 Å². The van der Waals surface area contributed by atoms with Crippen molar-refractivity contribution in [2.45, 2.75) is 13.0 Å². The van der Waals surface area contributed by atoms with Crippen LogP contribution in [0.5, 0.6) is 0 Å². The molecule has 1 nitrogen and oxygen atoms in total. The van der Waals surface area contributed by atoms with Crippen LogP contribution in [0.2, 0.25) is 0 Å². The molecule has 2 aromatic rings. The third kappa shape index (κ3) is 1.86. The van der Waals surface area contributed by atoms with Gasteiger partial charge in [-0.2, -0.15) is 0 Å². The fraction of sp³-hybridized carbons (Fsp3) is 0.167. The maximum atomic E-state index is 13.8. The zero-order chi connectivity index (χ0) is 11.7. The van der Waals surface area contributed by atoms with E-state index < -0.39 is 17.7 Å². The molecule has 0 saturated heterocycles. The van der Waals surface area contributed by atoms with Crippen molar-refractivity contribution in [2.24, 2.45) is 5.73 Å². The normalized spacial score (nSPS) is 12.8. The van der Waals surface area contributed by atoms with Gasteiger partial charge in [-0.05, 0) is 30.0 Å². The molecule has 16 heavy (non-hydrogen) atoms. The Morgan fingerprint density at radius 3 is 2.62 bits per heavy atom. The molecule has 1 heterocycles. The summed E-state index contributed by atoms with van der Waals surface area (Å²) in [5.41, 5.74) is 6.21. The van der Waals surface area contributed by atoms with Crippen LogP contribution < -0.4 is 5.73 Å². The van der Waals surface area contributed by atoms with Gasteiger partial charge in [0.1, 0.15) is 11.6 Å². The maximum Gasteiger partial charge on any atom is 0.134 e. The highest BCUT2D eigenvalue weighted by Crippen LogP contribution is 2.28. The average Bonchev–Trinajstić information content (AvgIpc) is 2.77. The lowest BCUT2D eigenvalue weighted by Crippen LogP contribution is -2.15. The van der Waals surface area contributed by atoms with Gasteiger partial charge in [-0.1, -0.05) is 12.1 Å². The zero-order valence-corrected chi connectivity index (χ0v) is 9.52. The van der Waals surface area contributed by atoms with Crippen LogP contribution >= 0.6 is 11.3 Å². The van der Waals surface area contributed by atoms with E-state index in [1.807, 2.05) is 11.4 Å². The number of hydrogen-bond acceptors (Lipinski definition) is 2. The molecule has 0 fully saturated rings. The zero-order valence-electron chi connectivity index (χ0n) is 8.71. The van der Waals surface area contributed by atoms with Gasteiger partial charge in [0.15, 0.2) is 0 Å². The minimum atomic E-state index is -0.736. The van der Waals surface area contributed by atoms with Crippen LogP contribution in [0.1, 0.15) is 22.0 Å². The quantitative estimate of drug-likeness (QED) is 0.854. The summed E-state index contributed by atoms with van der Waals surface area (Å²) in [6.07, 6.45) is 0. The van der Waals surface area contributed by atoms with Gasteiger partial charge < -0.3 is 5.73 Å². The molecule has 0 aliphatic rings. The summed E-state index contributed by atoms with van der Waals surface area (Å²) in [5, 5.41) is 1.83. The van der Waals surface area contributed by atoms with Crippen LogP contribution in [0.3, 0.4) is 0 Å². The molecule has 0 spiro atoms. The molecular formula is C12H11F2NS. The highest BCUT2D eigenvalue weighted by atomic mass is 32.1. The number of aryl methyl sites for hydroxylation is 1. The topological polar surface area (TPSA) is 26.0 Å². The number of thiophene rings is 1. The summed E-state index contributed by atoms with van der Waals surface area (Å²) in [6.45, 7) is 1.60. The van der Waals surface area contributed by atoms with E-state index in [1.165, 1.54) is 23.5 Å². The fourth-order valence-electron chi connectivity index (χ4n) is 1.57. The fourth-order valence-corrected chi connectivity index (χ4v) is 2.31. The van der Waals surface area contributed by atoms with E-state index in [-0.39, 0.29) is 5.56 Å². The Bertz CT molecular complexity index is 494. The van der Waals surface area contributed by atoms with Crippen molar-refractivity contribution in [3.05, 3.63) is 57.3 Å². The standard InChI is InChI=1S/C12H11F2NS/c1-7-4-5-8(13)10(11(7)14)12(15)9-3-2-6-16-9/h2-6,12H,15H2,1H3. The van der Waals surface area contributed by atoms with Crippen molar-refractivity contribution in [1.82, 2.24) is 0 Å². The van der Waals surface area contributed by atoms with Gasteiger partial charge in [0, 0.05) is 10.4 Å². The van der Waals surface area contributed by atoms with Crippen LogP contribution in [0.15, 0.2) is 29.6 Å². The summed E-state index contributed by atoms with van der Waals surface area (Å²) >= 11 is 1.39. The van der Waals surface area contributed by atoms with E-state index in [9.17, 15) is 8.78 Å². The lowest BCUT2D eigenvalue weighted by atomic mass is 10.0. The molecule has 1 unspecified atom stereocenters. The Labute approximate surface area is 96.5 Å². The monoisotopic (exact) mass is 239 g/mol. The third-order valence-electron chi connectivity index (χ3n) is 2.48. The number of rotatable bonds is 2. The van der Waals surface area contributed by atoms with E-state index in [2.05, 4.69) is 0 Å². The largest absolute Gasteiger partial charge is 0.319 e. The first kappa shape index (κ1) is 11.2. The van der Waals surface area contributed by atoms with Crippen LogP contribution in [0.25, 0.3) is 0 Å². The van der Waals surface area contributed by atoms with Crippen molar-refractivity contribution in [3.63, 3.8) is 0 Å². The molecular weight excluding hydrogens is 228 g/mol. The number of nitrogens with two attached hydrogens (primary N) is 1. The first-order chi connectivity index (χ1) is 7.61. The third-order valence-corrected chi connectivity index (χ3v) is 3.44. The Kier molecular flexibility index (Phi) is 3.03. The summed E-state index contributed by atoms with van der Waals surface area (Å²) in [6, 6.07) is 5.51. The molecule has 2 rings (SSSR count). The predicted molar refractivity (Wildman–Crippen MR) is 61.4 cm³/mol. The smallest absolute Gasteiger partial charge is 0.134 e. The number of halogens is 2. The van der Waals surface area contributed by atoms with E-state index in [0.717, 1.165) is 4.88 Å². The summed E-state index contributed by atoms with van der Waals surface area (Å²) in [7, 11) is 0. The highest BCUT2D eigenvalue weighted by Gasteiger charge is 2.20. The van der Waals surface area contributed by atoms with Gasteiger partial charge in [0.25, 0.3) is 0 Å². The Balaban J connectivity index is 2.52. The van der Waals surface area contributed by atoms with Gasteiger partial charge in [-0.15, -0.1) is 11.3 Å². The summed E-state index contributed by atoms with van der Waals surface area (Å²) in [5.74, 6) is -1.15. The molecule has 0 amide bonds. The Morgan fingerprint density at radius 1 is 1.25 bits per heavy atom. The molecule has 0 radical (unpaired) electrons. The van der Waals surface area contributed by atoms with Gasteiger partial charge >= 0.3 is 0 Å². The van der Waals surface area contributed by atoms with Crippen LogP contribution in [-0.4, -0.2) is 0 Å². The second-order valence-corrected chi connectivity index (χ2v) is 4.56. The molecule has 0 aliphatic carbocycles. The van der Waals surface area contributed by atoms with Crippen LogP contribution in [-0.2, 0) is 0 Å². The van der Waals surface area contributed by atoms with Crippen molar-refractivity contribution < 1.29 is 8.78 Å². The van der Waals surface area contributed by atoms with E-state index in [0.29, 0.717) is 5.56 Å². The highest BCUT2D eigenvalue weighted by molar-refractivity contribution is 7.10. The van der Waals surface area contributed by atoms with Crippen LogP contribution in [0, 0.1) is 18.6 Å². The molecule has 4 heteroatoms. The molecule has 1 aromatic heterocycles. The first-order valence-electron chi connectivity index (χ1n) is 4.84. The van der Waals surface area contributed by atoms with Gasteiger partial charge in [-0.3, -0.25) is 0 Å². The molecule has 0 bridgehead atoms. The predicted octanol–water partition coefficient (Wildman–Crippen LogP) is 3.38. The molecule has 84 valence electrons. The molecule has 1 aromatic carbocycles. The number of benzene rings is 1. The van der Waals surface area contributed by atoms with Crippen LogP contribution in [0.4, 0.5) is 8.78 Å². The molecule has 1 atom stereocenters. The van der Waals surface area contributed by atoms with Crippen molar-refractivity contribution in [2.75, 3.05) is 0 Å². The molecule has 0 aliphatic heterocycles. The Hall–Kier alpha value is -1.26. The van der Waals surface area contributed by atoms with Gasteiger partial charge in [0.2, 0.25) is 0 Å². The molecule has 2 N–H and O–H groups in total.